The lowest BCUT2D eigenvalue weighted by Gasteiger charge is -2.17. The Labute approximate surface area is 193 Å². The number of carbonyl (C=O) groups is 2. The van der Waals surface area contributed by atoms with Crippen molar-refractivity contribution in [2.24, 2.45) is 11.8 Å². The van der Waals surface area contributed by atoms with Gasteiger partial charge in [0.2, 0.25) is 0 Å². The highest BCUT2D eigenvalue weighted by Gasteiger charge is 2.18. The molecule has 0 bridgehead atoms. The number of ether oxygens (including phenoxy) is 4. The van der Waals surface area contributed by atoms with Gasteiger partial charge in [-0.25, -0.2) is 14.6 Å². The molecular weight excluding hydrogens is 410 g/mol. The molecular formula is C25H41NO6. The van der Waals surface area contributed by atoms with Crippen molar-refractivity contribution in [3.63, 3.8) is 0 Å². The summed E-state index contributed by atoms with van der Waals surface area (Å²) in [6.07, 6.45) is 7.98. The largest absolute Gasteiger partial charge is 0.461 e. The Morgan fingerprint density at radius 2 is 1.22 bits per heavy atom. The maximum absolute atomic E-state index is 12.5. The van der Waals surface area contributed by atoms with Crippen molar-refractivity contribution in [2.45, 2.75) is 65.2 Å². The number of rotatable bonds is 18. The summed E-state index contributed by atoms with van der Waals surface area (Å²) < 4.78 is 21.3. The molecule has 0 aliphatic heterocycles. The SMILES string of the molecule is CCCCC(CCOC)COC(=O)c1cccc(C(=O)OCC(CCCC)CCOC)n1. The van der Waals surface area contributed by atoms with Crippen molar-refractivity contribution in [3.8, 4) is 0 Å². The molecule has 0 amide bonds. The summed E-state index contributed by atoms with van der Waals surface area (Å²) >= 11 is 0. The molecule has 0 radical (unpaired) electrons. The van der Waals surface area contributed by atoms with E-state index in [0.717, 1.165) is 51.4 Å². The predicted octanol–water partition coefficient (Wildman–Crippen LogP) is 5.08. The predicted molar refractivity (Wildman–Crippen MR) is 124 cm³/mol. The fraction of sp³-hybridized carbons (Fsp3) is 0.720. The number of unbranched alkanes of at least 4 members (excludes halogenated alkanes) is 2. The first kappa shape index (κ1) is 28.0. The van der Waals surface area contributed by atoms with Crippen LogP contribution in [-0.2, 0) is 18.9 Å². The van der Waals surface area contributed by atoms with E-state index in [1.807, 2.05) is 0 Å². The number of nitrogens with zero attached hydrogens (tertiary/aromatic N) is 1. The van der Waals surface area contributed by atoms with Crippen LogP contribution in [0.25, 0.3) is 0 Å². The van der Waals surface area contributed by atoms with Crippen LogP contribution in [0.3, 0.4) is 0 Å². The summed E-state index contributed by atoms with van der Waals surface area (Å²) in [6.45, 7) is 6.17. The third kappa shape index (κ3) is 11.6. The van der Waals surface area contributed by atoms with Crippen molar-refractivity contribution in [2.75, 3.05) is 40.6 Å². The second kappa shape index (κ2) is 17.6. The van der Waals surface area contributed by atoms with Gasteiger partial charge in [-0.05, 0) is 49.7 Å². The fourth-order valence-electron chi connectivity index (χ4n) is 3.37. The molecule has 0 spiro atoms. The van der Waals surface area contributed by atoms with E-state index in [1.54, 1.807) is 32.4 Å². The van der Waals surface area contributed by atoms with Crippen molar-refractivity contribution < 1.29 is 28.5 Å². The highest BCUT2D eigenvalue weighted by molar-refractivity contribution is 5.91. The smallest absolute Gasteiger partial charge is 0.356 e. The normalized spacial score (nSPS) is 12.9. The Bertz CT molecular complexity index is 584. The van der Waals surface area contributed by atoms with Crippen LogP contribution in [0.1, 0.15) is 86.2 Å². The van der Waals surface area contributed by atoms with Crippen LogP contribution in [0.5, 0.6) is 0 Å². The number of carbonyl (C=O) groups excluding carboxylic acids is 2. The third-order valence-electron chi connectivity index (χ3n) is 5.46. The van der Waals surface area contributed by atoms with Crippen molar-refractivity contribution >= 4 is 11.9 Å². The van der Waals surface area contributed by atoms with Gasteiger partial charge < -0.3 is 18.9 Å². The average molecular weight is 452 g/mol. The highest BCUT2D eigenvalue weighted by Crippen LogP contribution is 2.16. The van der Waals surface area contributed by atoms with Crippen LogP contribution in [0.4, 0.5) is 0 Å². The molecule has 182 valence electrons. The number of hydrogen-bond donors (Lipinski definition) is 0. The summed E-state index contributed by atoms with van der Waals surface area (Å²) in [4.78, 5) is 29.2. The van der Waals surface area contributed by atoms with Gasteiger partial charge in [-0.15, -0.1) is 0 Å². The van der Waals surface area contributed by atoms with Gasteiger partial charge in [0.1, 0.15) is 11.4 Å². The van der Waals surface area contributed by atoms with Gasteiger partial charge in [0.25, 0.3) is 0 Å². The van der Waals surface area contributed by atoms with Crippen LogP contribution in [0, 0.1) is 11.8 Å². The second-order valence-electron chi connectivity index (χ2n) is 8.18. The molecule has 1 aromatic heterocycles. The molecule has 7 nitrogen and oxygen atoms in total. The summed E-state index contributed by atoms with van der Waals surface area (Å²) in [5.74, 6) is -0.558. The lowest BCUT2D eigenvalue weighted by Crippen LogP contribution is -2.19. The monoisotopic (exact) mass is 451 g/mol. The first-order valence-corrected chi connectivity index (χ1v) is 11.8. The van der Waals surface area contributed by atoms with E-state index in [1.165, 1.54) is 0 Å². The minimum atomic E-state index is -0.528. The van der Waals surface area contributed by atoms with Crippen LogP contribution in [0.2, 0.25) is 0 Å². The molecule has 0 aromatic carbocycles. The van der Waals surface area contributed by atoms with E-state index in [-0.39, 0.29) is 23.2 Å². The quantitative estimate of drug-likeness (QED) is 0.288. The molecule has 1 rings (SSSR count). The summed E-state index contributed by atoms with van der Waals surface area (Å²) in [5.41, 5.74) is 0.227. The van der Waals surface area contributed by atoms with E-state index in [0.29, 0.717) is 26.4 Å². The van der Waals surface area contributed by atoms with E-state index in [2.05, 4.69) is 18.8 Å². The Balaban J connectivity index is 2.63. The molecule has 0 saturated carbocycles. The lowest BCUT2D eigenvalue weighted by molar-refractivity contribution is 0.0383. The molecule has 7 heteroatoms. The minimum absolute atomic E-state index is 0.113. The van der Waals surface area contributed by atoms with Crippen molar-refractivity contribution in [1.29, 1.82) is 0 Å². The second-order valence-corrected chi connectivity index (χ2v) is 8.18. The molecule has 2 atom stereocenters. The third-order valence-corrected chi connectivity index (χ3v) is 5.46. The van der Waals surface area contributed by atoms with Crippen LogP contribution < -0.4 is 0 Å². The summed E-state index contributed by atoms with van der Waals surface area (Å²) in [7, 11) is 3.34. The molecule has 1 heterocycles. The summed E-state index contributed by atoms with van der Waals surface area (Å²) in [6, 6.07) is 4.73. The Morgan fingerprint density at radius 1 is 0.781 bits per heavy atom. The molecule has 0 aliphatic rings. The average Bonchev–Trinajstić information content (AvgIpc) is 2.82. The van der Waals surface area contributed by atoms with Crippen LogP contribution in [0.15, 0.2) is 18.2 Å². The summed E-state index contributed by atoms with van der Waals surface area (Å²) in [5, 5.41) is 0. The van der Waals surface area contributed by atoms with Crippen LogP contribution in [-0.4, -0.2) is 57.6 Å². The first-order valence-electron chi connectivity index (χ1n) is 11.8. The van der Waals surface area contributed by atoms with Gasteiger partial charge in [-0.2, -0.15) is 0 Å². The van der Waals surface area contributed by atoms with E-state index in [9.17, 15) is 9.59 Å². The molecule has 0 saturated heterocycles. The van der Waals surface area contributed by atoms with Gasteiger partial charge in [0.15, 0.2) is 0 Å². The van der Waals surface area contributed by atoms with Crippen LogP contribution >= 0.6 is 0 Å². The highest BCUT2D eigenvalue weighted by atomic mass is 16.5. The van der Waals surface area contributed by atoms with Gasteiger partial charge in [0.05, 0.1) is 13.2 Å². The topological polar surface area (TPSA) is 84.0 Å². The fourth-order valence-corrected chi connectivity index (χ4v) is 3.37. The van der Waals surface area contributed by atoms with Gasteiger partial charge in [-0.1, -0.05) is 45.6 Å². The zero-order chi connectivity index (χ0) is 23.6. The maximum Gasteiger partial charge on any atom is 0.356 e. The maximum atomic E-state index is 12.5. The number of pyridine rings is 1. The number of esters is 2. The Morgan fingerprint density at radius 3 is 1.59 bits per heavy atom. The van der Waals surface area contributed by atoms with E-state index in [4.69, 9.17) is 18.9 Å². The Hall–Kier alpha value is -1.99. The number of aromatic nitrogens is 1. The molecule has 32 heavy (non-hydrogen) atoms. The number of methoxy groups -OCH3 is 2. The molecule has 2 unspecified atom stereocenters. The van der Waals surface area contributed by atoms with E-state index < -0.39 is 11.9 Å². The zero-order valence-electron chi connectivity index (χ0n) is 20.3. The lowest BCUT2D eigenvalue weighted by atomic mass is 10.00. The molecule has 0 aliphatic carbocycles. The minimum Gasteiger partial charge on any atom is -0.461 e. The van der Waals surface area contributed by atoms with Gasteiger partial charge in [-0.3, -0.25) is 0 Å². The molecule has 0 N–H and O–H groups in total. The zero-order valence-corrected chi connectivity index (χ0v) is 20.3. The van der Waals surface area contributed by atoms with Gasteiger partial charge >= 0.3 is 11.9 Å². The van der Waals surface area contributed by atoms with Gasteiger partial charge in [0, 0.05) is 27.4 Å². The van der Waals surface area contributed by atoms with Crippen molar-refractivity contribution in [1.82, 2.24) is 4.98 Å². The molecule has 1 aromatic rings. The van der Waals surface area contributed by atoms with Crippen molar-refractivity contribution in [3.05, 3.63) is 29.6 Å². The Kier molecular flexibility index (Phi) is 15.4. The van der Waals surface area contributed by atoms with E-state index >= 15 is 0 Å². The first-order chi connectivity index (χ1) is 15.5. The molecule has 0 fully saturated rings. The number of hydrogen-bond acceptors (Lipinski definition) is 7. The standard InChI is InChI=1S/C25H41NO6/c1-5-7-10-20(14-16-29-3)18-31-24(27)22-12-9-13-23(26-22)25(28)32-19-21(11-8-6-2)15-17-30-4/h9,12-13,20-21H,5-8,10-11,14-19H2,1-4H3.